The van der Waals surface area contributed by atoms with Gasteiger partial charge in [0.2, 0.25) is 5.96 Å². The van der Waals surface area contributed by atoms with Gasteiger partial charge in [0, 0.05) is 25.2 Å². The van der Waals surface area contributed by atoms with Crippen LogP contribution in [-0.4, -0.2) is 26.2 Å². The number of aliphatic imine (C=N–C) groups is 1. The molecule has 1 aromatic rings. The molecule has 1 aliphatic heterocycles. The summed E-state index contributed by atoms with van der Waals surface area (Å²) in [7, 11) is 1.64. The summed E-state index contributed by atoms with van der Waals surface area (Å²) in [6, 6.07) is 5.62. The van der Waals surface area contributed by atoms with E-state index < -0.39 is 0 Å². The Labute approximate surface area is 99.8 Å². The maximum absolute atomic E-state index is 5.58. The van der Waals surface area contributed by atoms with Crippen LogP contribution in [0.1, 0.15) is 6.42 Å². The van der Waals surface area contributed by atoms with Crippen LogP contribution in [0.25, 0.3) is 0 Å². The maximum atomic E-state index is 5.58. The fraction of sp³-hybridized carbons (Fsp3) is 0.364. The number of guanidine groups is 1. The summed E-state index contributed by atoms with van der Waals surface area (Å²) in [5.41, 5.74) is 3.30. The molecule has 0 saturated carbocycles. The fourth-order valence-electron chi connectivity index (χ4n) is 1.53. The molecule has 0 saturated heterocycles. The van der Waals surface area contributed by atoms with Crippen molar-refractivity contribution in [2.75, 3.05) is 25.6 Å². The molecule has 0 amide bonds. The summed E-state index contributed by atoms with van der Waals surface area (Å²) < 4.78 is 11.1. The Hall–Kier alpha value is -1.95. The van der Waals surface area contributed by atoms with Crippen molar-refractivity contribution in [1.29, 1.82) is 0 Å². The molecule has 0 atom stereocenters. The van der Waals surface area contributed by atoms with E-state index in [-0.39, 0.29) is 0 Å². The number of ether oxygens (including phenoxy) is 2. The van der Waals surface area contributed by atoms with Crippen molar-refractivity contribution in [3.63, 3.8) is 0 Å². The van der Waals surface area contributed by atoms with Crippen molar-refractivity contribution < 1.29 is 9.47 Å². The highest BCUT2D eigenvalue weighted by molar-refractivity contribution is 5.93. The van der Waals surface area contributed by atoms with Crippen molar-refractivity contribution in [1.82, 2.24) is 5.43 Å². The molecular weight excluding hydrogens is 220 g/mol. The van der Waals surface area contributed by atoms with Gasteiger partial charge in [0.15, 0.2) is 11.5 Å². The van der Waals surface area contributed by atoms with Crippen LogP contribution in [0.2, 0.25) is 0 Å². The van der Waals surface area contributed by atoms with Gasteiger partial charge in [0.05, 0.1) is 13.2 Å². The predicted molar refractivity (Wildman–Crippen MR) is 66.4 cm³/mol. The molecule has 1 aliphatic rings. The Morgan fingerprint density at radius 3 is 2.76 bits per heavy atom. The first-order valence-electron chi connectivity index (χ1n) is 5.43. The van der Waals surface area contributed by atoms with Gasteiger partial charge in [-0.05, 0) is 12.1 Å². The summed E-state index contributed by atoms with van der Waals surface area (Å²) in [5.74, 6) is 7.28. The number of anilines is 1. The van der Waals surface area contributed by atoms with Gasteiger partial charge in [-0.3, -0.25) is 10.4 Å². The van der Waals surface area contributed by atoms with E-state index in [4.69, 9.17) is 15.3 Å². The summed E-state index contributed by atoms with van der Waals surface area (Å²) in [5, 5.41) is 3.03. The van der Waals surface area contributed by atoms with Crippen LogP contribution in [-0.2, 0) is 0 Å². The molecule has 92 valence electrons. The lowest BCUT2D eigenvalue weighted by Gasteiger charge is -2.11. The molecule has 0 bridgehead atoms. The van der Waals surface area contributed by atoms with Crippen LogP contribution in [0.15, 0.2) is 23.2 Å². The van der Waals surface area contributed by atoms with Gasteiger partial charge < -0.3 is 14.8 Å². The van der Waals surface area contributed by atoms with E-state index in [1.165, 1.54) is 0 Å². The van der Waals surface area contributed by atoms with Gasteiger partial charge in [0.25, 0.3) is 0 Å². The van der Waals surface area contributed by atoms with Crippen LogP contribution < -0.4 is 26.1 Å². The topological polar surface area (TPSA) is 80.9 Å². The number of fused-ring (bicyclic) bond motifs is 1. The number of nitrogens with zero attached hydrogens (tertiary/aromatic N) is 1. The minimum absolute atomic E-state index is 0.486. The van der Waals surface area contributed by atoms with Crippen LogP contribution in [0.4, 0.5) is 5.69 Å². The third-order valence-corrected chi connectivity index (χ3v) is 2.37. The van der Waals surface area contributed by atoms with Crippen LogP contribution in [0.3, 0.4) is 0 Å². The third kappa shape index (κ3) is 2.79. The lowest BCUT2D eigenvalue weighted by molar-refractivity contribution is 0.297. The molecule has 4 N–H and O–H groups in total. The van der Waals surface area contributed by atoms with Gasteiger partial charge in [0.1, 0.15) is 0 Å². The summed E-state index contributed by atoms with van der Waals surface area (Å²) in [6.07, 6.45) is 0.892. The highest BCUT2D eigenvalue weighted by atomic mass is 16.5. The second-order valence-corrected chi connectivity index (χ2v) is 3.55. The first kappa shape index (κ1) is 11.5. The molecule has 6 heteroatoms. The number of hydrogen-bond donors (Lipinski definition) is 3. The third-order valence-electron chi connectivity index (χ3n) is 2.37. The molecule has 0 aromatic heterocycles. The average molecular weight is 236 g/mol. The number of benzene rings is 1. The fourth-order valence-corrected chi connectivity index (χ4v) is 1.53. The Balaban J connectivity index is 2.17. The SMILES string of the molecule is CN=C(NN)Nc1ccc2c(c1)OCCCO2. The first-order chi connectivity index (χ1) is 8.33. The first-order valence-corrected chi connectivity index (χ1v) is 5.43. The van der Waals surface area contributed by atoms with E-state index in [1.807, 2.05) is 18.2 Å². The molecule has 2 rings (SSSR count). The summed E-state index contributed by atoms with van der Waals surface area (Å²) in [6.45, 7) is 1.35. The van der Waals surface area contributed by atoms with Gasteiger partial charge in [-0.1, -0.05) is 0 Å². The Morgan fingerprint density at radius 2 is 2.06 bits per heavy atom. The van der Waals surface area contributed by atoms with E-state index in [0.29, 0.717) is 19.2 Å². The lowest BCUT2D eigenvalue weighted by atomic mass is 10.3. The molecule has 0 fully saturated rings. The lowest BCUT2D eigenvalue weighted by Crippen LogP contribution is -2.36. The molecule has 1 aromatic carbocycles. The molecule has 0 spiro atoms. The highest BCUT2D eigenvalue weighted by Crippen LogP contribution is 2.32. The van der Waals surface area contributed by atoms with Crippen LogP contribution in [0, 0.1) is 0 Å². The van der Waals surface area contributed by atoms with Crippen molar-refractivity contribution >= 4 is 11.6 Å². The smallest absolute Gasteiger partial charge is 0.209 e. The van der Waals surface area contributed by atoms with E-state index in [1.54, 1.807) is 7.05 Å². The second-order valence-electron chi connectivity index (χ2n) is 3.55. The molecule has 0 radical (unpaired) electrons. The van der Waals surface area contributed by atoms with E-state index in [2.05, 4.69) is 15.7 Å². The normalized spacial score (nSPS) is 15.1. The Bertz CT molecular complexity index is 420. The standard InChI is InChI=1S/C11H16N4O2/c1-13-11(15-12)14-8-3-4-9-10(7-8)17-6-2-5-16-9/h3-4,7H,2,5-6,12H2,1H3,(H2,13,14,15). The minimum Gasteiger partial charge on any atom is -0.490 e. The van der Waals surface area contributed by atoms with Crippen molar-refractivity contribution in [2.24, 2.45) is 10.8 Å². The molecule has 1 heterocycles. The number of hydrazine groups is 1. The van der Waals surface area contributed by atoms with E-state index in [9.17, 15) is 0 Å². The van der Waals surface area contributed by atoms with Crippen molar-refractivity contribution in [3.05, 3.63) is 18.2 Å². The number of nitrogens with two attached hydrogens (primary N) is 1. The molecular formula is C11H16N4O2. The summed E-state index contributed by atoms with van der Waals surface area (Å²) >= 11 is 0. The summed E-state index contributed by atoms with van der Waals surface area (Å²) in [4.78, 5) is 3.93. The zero-order valence-electron chi connectivity index (χ0n) is 9.69. The Kier molecular flexibility index (Phi) is 3.66. The van der Waals surface area contributed by atoms with Crippen LogP contribution in [0.5, 0.6) is 11.5 Å². The zero-order valence-corrected chi connectivity index (χ0v) is 9.69. The number of rotatable bonds is 1. The van der Waals surface area contributed by atoms with Gasteiger partial charge in [-0.15, -0.1) is 0 Å². The van der Waals surface area contributed by atoms with Crippen molar-refractivity contribution in [3.8, 4) is 11.5 Å². The molecule has 0 aliphatic carbocycles. The van der Waals surface area contributed by atoms with Gasteiger partial charge in [-0.25, -0.2) is 5.84 Å². The monoisotopic (exact) mass is 236 g/mol. The highest BCUT2D eigenvalue weighted by Gasteiger charge is 2.10. The largest absolute Gasteiger partial charge is 0.490 e. The van der Waals surface area contributed by atoms with Gasteiger partial charge >= 0.3 is 0 Å². The van der Waals surface area contributed by atoms with E-state index in [0.717, 1.165) is 23.6 Å². The zero-order chi connectivity index (χ0) is 12.1. The quantitative estimate of drug-likeness (QED) is 0.289. The average Bonchev–Trinajstić information content (AvgIpc) is 2.60. The molecule has 17 heavy (non-hydrogen) atoms. The maximum Gasteiger partial charge on any atom is 0.209 e. The van der Waals surface area contributed by atoms with E-state index >= 15 is 0 Å². The minimum atomic E-state index is 0.486. The number of nitrogens with one attached hydrogen (secondary N) is 2. The number of hydrogen-bond acceptors (Lipinski definition) is 4. The Morgan fingerprint density at radius 1 is 1.29 bits per heavy atom. The predicted octanol–water partition coefficient (Wildman–Crippen LogP) is 0.709. The van der Waals surface area contributed by atoms with Crippen LogP contribution >= 0.6 is 0 Å². The van der Waals surface area contributed by atoms with Crippen molar-refractivity contribution in [2.45, 2.75) is 6.42 Å². The van der Waals surface area contributed by atoms with Gasteiger partial charge in [-0.2, -0.15) is 0 Å². The second kappa shape index (κ2) is 5.40. The molecule has 0 unspecified atom stereocenters. The molecule has 6 nitrogen and oxygen atoms in total.